The third kappa shape index (κ3) is 2.82. The minimum atomic E-state index is 0.224. The van der Waals surface area contributed by atoms with Crippen molar-refractivity contribution in [1.29, 1.82) is 0 Å². The summed E-state index contributed by atoms with van der Waals surface area (Å²) in [6.07, 6.45) is 4.38. The van der Waals surface area contributed by atoms with Crippen LogP contribution in [0.3, 0.4) is 0 Å². The maximum Gasteiger partial charge on any atom is 0.258 e. The molecule has 1 unspecified atom stereocenters. The van der Waals surface area contributed by atoms with Crippen LogP contribution >= 0.6 is 0 Å². The smallest absolute Gasteiger partial charge is 0.258 e. The molecule has 0 bridgehead atoms. The highest BCUT2D eigenvalue weighted by molar-refractivity contribution is 5.62. The Morgan fingerprint density at radius 1 is 1.35 bits per heavy atom. The van der Waals surface area contributed by atoms with Gasteiger partial charge in [-0.15, -0.1) is 0 Å². The molecule has 3 rings (SSSR count). The lowest BCUT2D eigenvalue weighted by atomic mass is 10.1. The fourth-order valence-electron chi connectivity index (χ4n) is 2.55. The van der Waals surface area contributed by atoms with E-state index in [9.17, 15) is 0 Å². The fourth-order valence-corrected chi connectivity index (χ4v) is 2.55. The molecule has 2 aromatic rings. The van der Waals surface area contributed by atoms with Crippen molar-refractivity contribution in [1.82, 2.24) is 10.1 Å². The van der Waals surface area contributed by atoms with Crippen LogP contribution in [0.5, 0.6) is 0 Å². The minimum Gasteiger partial charge on any atom is -0.399 e. The second kappa shape index (κ2) is 5.63. The average molecular weight is 273 g/mol. The lowest BCUT2D eigenvalue weighted by Crippen LogP contribution is -2.21. The standard InChI is InChI=1S/C15H19N3O2/c1-10-8-11(16)5-6-13(10)15-17-14(18-20-15)9-12-4-2-3-7-19-12/h5-6,8,12H,2-4,7,9,16H2,1H3. The Morgan fingerprint density at radius 3 is 3.00 bits per heavy atom. The summed E-state index contributed by atoms with van der Waals surface area (Å²) in [5.41, 5.74) is 8.46. The van der Waals surface area contributed by atoms with Gasteiger partial charge in [0.2, 0.25) is 0 Å². The summed E-state index contributed by atoms with van der Waals surface area (Å²) < 4.78 is 11.1. The zero-order valence-corrected chi connectivity index (χ0v) is 11.6. The molecule has 20 heavy (non-hydrogen) atoms. The maximum absolute atomic E-state index is 5.75. The topological polar surface area (TPSA) is 74.2 Å². The van der Waals surface area contributed by atoms with Crippen LogP contribution in [0.4, 0.5) is 5.69 Å². The van der Waals surface area contributed by atoms with E-state index in [0.717, 1.165) is 42.7 Å². The van der Waals surface area contributed by atoms with Crippen LogP contribution in [0.2, 0.25) is 0 Å². The number of anilines is 1. The van der Waals surface area contributed by atoms with Crippen molar-refractivity contribution >= 4 is 5.69 Å². The van der Waals surface area contributed by atoms with Gasteiger partial charge < -0.3 is 15.0 Å². The van der Waals surface area contributed by atoms with Gasteiger partial charge in [0.05, 0.1) is 6.10 Å². The highest BCUT2D eigenvalue weighted by Crippen LogP contribution is 2.24. The zero-order valence-electron chi connectivity index (χ0n) is 11.6. The van der Waals surface area contributed by atoms with Crippen molar-refractivity contribution in [2.75, 3.05) is 12.3 Å². The van der Waals surface area contributed by atoms with Crippen LogP contribution in [0.1, 0.15) is 30.7 Å². The number of rotatable bonds is 3. The molecule has 1 aliphatic heterocycles. The Hall–Kier alpha value is -1.88. The summed E-state index contributed by atoms with van der Waals surface area (Å²) in [5.74, 6) is 1.26. The molecule has 0 aliphatic carbocycles. The molecule has 0 amide bonds. The first kappa shape index (κ1) is 13.1. The Morgan fingerprint density at radius 2 is 2.25 bits per heavy atom. The number of aromatic nitrogens is 2. The van der Waals surface area contributed by atoms with Crippen LogP contribution in [0.25, 0.3) is 11.5 Å². The number of hydrogen-bond donors (Lipinski definition) is 1. The third-order valence-corrected chi connectivity index (χ3v) is 3.63. The molecule has 2 heterocycles. The quantitative estimate of drug-likeness (QED) is 0.870. The summed E-state index contributed by atoms with van der Waals surface area (Å²) in [7, 11) is 0. The van der Waals surface area contributed by atoms with E-state index in [1.165, 1.54) is 6.42 Å². The van der Waals surface area contributed by atoms with Gasteiger partial charge in [-0.25, -0.2) is 0 Å². The second-order valence-corrected chi connectivity index (χ2v) is 5.28. The monoisotopic (exact) mass is 273 g/mol. The Kier molecular flexibility index (Phi) is 3.69. The Labute approximate surface area is 118 Å². The van der Waals surface area contributed by atoms with Gasteiger partial charge in [0.25, 0.3) is 5.89 Å². The van der Waals surface area contributed by atoms with Crippen molar-refractivity contribution < 1.29 is 9.26 Å². The van der Waals surface area contributed by atoms with Gasteiger partial charge in [0, 0.05) is 24.3 Å². The SMILES string of the molecule is Cc1cc(N)ccc1-c1nc(CC2CCCCO2)no1. The lowest BCUT2D eigenvalue weighted by molar-refractivity contribution is 0.0153. The Balaban J connectivity index is 1.75. The van der Waals surface area contributed by atoms with Crippen LogP contribution in [0.15, 0.2) is 22.7 Å². The van der Waals surface area contributed by atoms with Crippen LogP contribution in [0, 0.1) is 6.92 Å². The van der Waals surface area contributed by atoms with E-state index in [1.54, 1.807) is 0 Å². The third-order valence-electron chi connectivity index (χ3n) is 3.63. The van der Waals surface area contributed by atoms with Crippen LogP contribution < -0.4 is 5.73 Å². The first-order valence-corrected chi connectivity index (χ1v) is 7.03. The number of ether oxygens (including phenoxy) is 1. The summed E-state index contributed by atoms with van der Waals surface area (Å²) in [6.45, 7) is 2.83. The van der Waals surface area contributed by atoms with E-state index in [1.807, 2.05) is 25.1 Å². The van der Waals surface area contributed by atoms with E-state index in [4.69, 9.17) is 15.0 Å². The summed E-state index contributed by atoms with van der Waals surface area (Å²) in [5, 5.41) is 4.05. The van der Waals surface area contributed by atoms with E-state index >= 15 is 0 Å². The summed E-state index contributed by atoms with van der Waals surface area (Å²) in [6, 6.07) is 5.67. The fraction of sp³-hybridized carbons (Fsp3) is 0.467. The first-order valence-electron chi connectivity index (χ1n) is 7.03. The summed E-state index contributed by atoms with van der Waals surface area (Å²) in [4.78, 5) is 4.47. The predicted octanol–water partition coefficient (Wildman–Crippen LogP) is 2.74. The molecule has 1 saturated heterocycles. The second-order valence-electron chi connectivity index (χ2n) is 5.28. The number of hydrogen-bond acceptors (Lipinski definition) is 5. The zero-order chi connectivity index (χ0) is 13.9. The molecule has 2 N–H and O–H groups in total. The summed E-state index contributed by atoms with van der Waals surface area (Å²) >= 11 is 0. The molecule has 0 radical (unpaired) electrons. The molecule has 0 saturated carbocycles. The molecule has 1 fully saturated rings. The molecule has 1 atom stereocenters. The van der Waals surface area contributed by atoms with E-state index in [-0.39, 0.29) is 6.10 Å². The largest absolute Gasteiger partial charge is 0.399 e. The van der Waals surface area contributed by atoms with Crippen LogP contribution in [-0.2, 0) is 11.2 Å². The molecule has 0 spiro atoms. The number of benzene rings is 1. The van der Waals surface area contributed by atoms with Crippen molar-refractivity contribution in [2.24, 2.45) is 0 Å². The molecule has 1 aromatic carbocycles. The van der Waals surface area contributed by atoms with Gasteiger partial charge >= 0.3 is 0 Å². The average Bonchev–Trinajstić information content (AvgIpc) is 2.88. The van der Waals surface area contributed by atoms with E-state index in [0.29, 0.717) is 11.7 Å². The van der Waals surface area contributed by atoms with Gasteiger partial charge in [-0.05, 0) is 49.9 Å². The molecule has 5 nitrogen and oxygen atoms in total. The lowest BCUT2D eigenvalue weighted by Gasteiger charge is -2.20. The molecule has 1 aromatic heterocycles. The van der Waals surface area contributed by atoms with Crippen molar-refractivity contribution in [3.8, 4) is 11.5 Å². The molecule has 5 heteroatoms. The number of aryl methyl sites for hydroxylation is 1. The number of nitrogens with zero attached hydrogens (tertiary/aromatic N) is 2. The van der Waals surface area contributed by atoms with Gasteiger partial charge in [-0.2, -0.15) is 4.98 Å². The van der Waals surface area contributed by atoms with Crippen molar-refractivity contribution in [3.63, 3.8) is 0 Å². The van der Waals surface area contributed by atoms with Crippen molar-refractivity contribution in [2.45, 2.75) is 38.7 Å². The van der Waals surface area contributed by atoms with E-state index < -0.39 is 0 Å². The highest BCUT2D eigenvalue weighted by atomic mass is 16.5. The van der Waals surface area contributed by atoms with Gasteiger partial charge in [-0.3, -0.25) is 0 Å². The van der Waals surface area contributed by atoms with E-state index in [2.05, 4.69) is 10.1 Å². The number of nitrogen functional groups attached to an aromatic ring is 1. The minimum absolute atomic E-state index is 0.224. The predicted molar refractivity (Wildman–Crippen MR) is 76.2 cm³/mol. The normalized spacial score (nSPS) is 19.1. The highest BCUT2D eigenvalue weighted by Gasteiger charge is 2.18. The molecule has 106 valence electrons. The van der Waals surface area contributed by atoms with Gasteiger partial charge in [0.15, 0.2) is 5.82 Å². The molecule has 1 aliphatic rings. The van der Waals surface area contributed by atoms with Gasteiger partial charge in [-0.1, -0.05) is 5.16 Å². The number of nitrogens with two attached hydrogens (primary N) is 1. The maximum atomic E-state index is 5.75. The molecular weight excluding hydrogens is 254 g/mol. The first-order chi connectivity index (χ1) is 9.72. The van der Waals surface area contributed by atoms with Crippen LogP contribution in [-0.4, -0.2) is 22.9 Å². The molecular formula is C15H19N3O2. The Bertz CT molecular complexity index is 589. The van der Waals surface area contributed by atoms with Crippen molar-refractivity contribution in [3.05, 3.63) is 29.6 Å². The van der Waals surface area contributed by atoms with Gasteiger partial charge in [0.1, 0.15) is 0 Å².